The molecule has 0 amide bonds. The summed E-state index contributed by atoms with van der Waals surface area (Å²) in [5, 5.41) is 3.59. The van der Waals surface area contributed by atoms with Crippen LogP contribution in [0.3, 0.4) is 0 Å². The second-order valence-electron chi connectivity index (χ2n) is 3.33. The lowest BCUT2D eigenvalue weighted by Gasteiger charge is -2.16. The maximum atomic E-state index is 3.59. The van der Waals surface area contributed by atoms with E-state index < -0.39 is 0 Å². The Morgan fingerprint density at radius 2 is 2.30 bits per heavy atom. The first-order chi connectivity index (χ1) is 4.97. The first-order valence-electron chi connectivity index (χ1n) is 4.28. The molecule has 0 aromatic carbocycles. The molecule has 0 aliphatic carbocycles. The average Bonchev–Trinajstić information content (AvgIpc) is 2.59. The standard InChI is InChI=1S/C8H15NS/c1-2-8(9-4-1)7-3-5-10-6-7/h7-9H,1-6H2. The minimum atomic E-state index is 0.884. The molecule has 0 bridgehead atoms. The monoisotopic (exact) mass is 157 g/mol. The van der Waals surface area contributed by atoms with Crippen LogP contribution in [0.4, 0.5) is 0 Å². The summed E-state index contributed by atoms with van der Waals surface area (Å²) in [4.78, 5) is 0. The molecule has 2 atom stereocenters. The Morgan fingerprint density at radius 3 is 2.90 bits per heavy atom. The lowest BCUT2D eigenvalue weighted by Crippen LogP contribution is -2.30. The van der Waals surface area contributed by atoms with Gasteiger partial charge in [-0.25, -0.2) is 0 Å². The van der Waals surface area contributed by atoms with Crippen LogP contribution in [0.1, 0.15) is 19.3 Å². The van der Waals surface area contributed by atoms with Crippen molar-refractivity contribution in [3.8, 4) is 0 Å². The van der Waals surface area contributed by atoms with Crippen LogP contribution in [0.25, 0.3) is 0 Å². The van der Waals surface area contributed by atoms with Gasteiger partial charge in [0.2, 0.25) is 0 Å². The molecule has 2 rings (SSSR count). The van der Waals surface area contributed by atoms with E-state index in [0.29, 0.717) is 0 Å². The highest BCUT2D eigenvalue weighted by molar-refractivity contribution is 7.99. The van der Waals surface area contributed by atoms with Crippen molar-refractivity contribution in [1.82, 2.24) is 5.32 Å². The Hall–Kier alpha value is 0.310. The third-order valence-electron chi connectivity index (χ3n) is 2.63. The third-order valence-corrected chi connectivity index (χ3v) is 3.82. The maximum absolute atomic E-state index is 3.59. The van der Waals surface area contributed by atoms with E-state index in [1.54, 1.807) is 0 Å². The molecule has 2 heteroatoms. The quantitative estimate of drug-likeness (QED) is 0.619. The fourth-order valence-corrected chi connectivity index (χ4v) is 3.32. The van der Waals surface area contributed by atoms with Crippen LogP contribution >= 0.6 is 11.8 Å². The average molecular weight is 157 g/mol. The van der Waals surface area contributed by atoms with Crippen LogP contribution in [0.15, 0.2) is 0 Å². The van der Waals surface area contributed by atoms with Gasteiger partial charge >= 0.3 is 0 Å². The molecule has 0 aromatic rings. The van der Waals surface area contributed by atoms with Crippen molar-refractivity contribution < 1.29 is 0 Å². The zero-order chi connectivity index (χ0) is 6.81. The Labute approximate surface area is 67.0 Å². The molecule has 0 aromatic heterocycles. The zero-order valence-corrected chi connectivity index (χ0v) is 7.12. The summed E-state index contributed by atoms with van der Waals surface area (Å²) in [6.45, 7) is 1.27. The molecular weight excluding hydrogens is 142 g/mol. The van der Waals surface area contributed by atoms with Gasteiger partial charge in [-0.2, -0.15) is 11.8 Å². The highest BCUT2D eigenvalue weighted by atomic mass is 32.2. The summed E-state index contributed by atoms with van der Waals surface area (Å²) in [5.74, 6) is 3.83. The fourth-order valence-electron chi connectivity index (χ4n) is 1.98. The summed E-state index contributed by atoms with van der Waals surface area (Å²) < 4.78 is 0. The highest BCUT2D eigenvalue weighted by Gasteiger charge is 2.26. The molecule has 2 fully saturated rings. The lowest BCUT2D eigenvalue weighted by atomic mass is 9.98. The predicted molar refractivity (Wildman–Crippen MR) is 46.5 cm³/mol. The Bertz CT molecular complexity index is 89.8. The molecular formula is C8H15NS. The van der Waals surface area contributed by atoms with E-state index in [1.165, 1.54) is 37.3 Å². The molecule has 0 radical (unpaired) electrons. The summed E-state index contributed by atoms with van der Waals surface area (Å²) in [5.41, 5.74) is 0. The van der Waals surface area contributed by atoms with Gasteiger partial charge in [0.1, 0.15) is 0 Å². The normalized spacial score (nSPS) is 40.8. The second-order valence-corrected chi connectivity index (χ2v) is 4.48. The first-order valence-corrected chi connectivity index (χ1v) is 5.43. The largest absolute Gasteiger partial charge is 0.314 e. The second kappa shape index (κ2) is 3.14. The fraction of sp³-hybridized carbons (Fsp3) is 1.00. The van der Waals surface area contributed by atoms with Crippen molar-refractivity contribution in [2.45, 2.75) is 25.3 Å². The van der Waals surface area contributed by atoms with Gasteiger partial charge in [-0.3, -0.25) is 0 Å². The van der Waals surface area contributed by atoms with Crippen LogP contribution in [-0.2, 0) is 0 Å². The van der Waals surface area contributed by atoms with Crippen molar-refractivity contribution in [3.63, 3.8) is 0 Å². The molecule has 10 heavy (non-hydrogen) atoms. The topological polar surface area (TPSA) is 12.0 Å². The molecule has 1 N–H and O–H groups in total. The Balaban J connectivity index is 1.85. The van der Waals surface area contributed by atoms with Gasteiger partial charge in [-0.05, 0) is 43.2 Å². The van der Waals surface area contributed by atoms with Crippen molar-refractivity contribution in [1.29, 1.82) is 0 Å². The number of hydrogen-bond donors (Lipinski definition) is 1. The molecule has 1 nitrogen and oxygen atoms in total. The van der Waals surface area contributed by atoms with E-state index >= 15 is 0 Å². The first kappa shape index (κ1) is 6.99. The van der Waals surface area contributed by atoms with Gasteiger partial charge in [0.15, 0.2) is 0 Å². The van der Waals surface area contributed by atoms with E-state index in [1.807, 2.05) is 0 Å². The summed E-state index contributed by atoms with van der Waals surface area (Å²) in [6, 6.07) is 0.884. The minimum Gasteiger partial charge on any atom is -0.314 e. The Kier molecular flexibility index (Phi) is 2.19. The maximum Gasteiger partial charge on any atom is 0.0104 e. The molecule has 2 saturated heterocycles. The molecule has 58 valence electrons. The minimum absolute atomic E-state index is 0.884. The van der Waals surface area contributed by atoms with Crippen LogP contribution in [0.2, 0.25) is 0 Å². The molecule has 2 aliphatic heterocycles. The van der Waals surface area contributed by atoms with Crippen molar-refractivity contribution >= 4 is 11.8 Å². The van der Waals surface area contributed by atoms with Gasteiger partial charge in [-0.15, -0.1) is 0 Å². The summed E-state index contributed by atoms with van der Waals surface area (Å²) in [7, 11) is 0. The van der Waals surface area contributed by atoms with Gasteiger partial charge in [0.05, 0.1) is 0 Å². The van der Waals surface area contributed by atoms with Gasteiger partial charge in [0.25, 0.3) is 0 Å². The van der Waals surface area contributed by atoms with E-state index in [0.717, 1.165) is 12.0 Å². The van der Waals surface area contributed by atoms with Gasteiger partial charge in [0, 0.05) is 6.04 Å². The van der Waals surface area contributed by atoms with E-state index in [-0.39, 0.29) is 0 Å². The van der Waals surface area contributed by atoms with Crippen molar-refractivity contribution in [3.05, 3.63) is 0 Å². The number of nitrogens with one attached hydrogen (secondary N) is 1. The highest BCUT2D eigenvalue weighted by Crippen LogP contribution is 2.29. The van der Waals surface area contributed by atoms with E-state index in [4.69, 9.17) is 0 Å². The van der Waals surface area contributed by atoms with Gasteiger partial charge < -0.3 is 5.32 Å². The molecule has 2 aliphatic rings. The van der Waals surface area contributed by atoms with Crippen LogP contribution in [0, 0.1) is 5.92 Å². The number of rotatable bonds is 1. The van der Waals surface area contributed by atoms with Gasteiger partial charge in [-0.1, -0.05) is 0 Å². The predicted octanol–water partition coefficient (Wildman–Crippen LogP) is 1.49. The van der Waals surface area contributed by atoms with Crippen LogP contribution in [0.5, 0.6) is 0 Å². The molecule has 0 spiro atoms. The van der Waals surface area contributed by atoms with E-state index in [2.05, 4.69) is 17.1 Å². The molecule has 0 saturated carbocycles. The third kappa shape index (κ3) is 1.32. The zero-order valence-electron chi connectivity index (χ0n) is 6.31. The lowest BCUT2D eigenvalue weighted by molar-refractivity contribution is 0.429. The SMILES string of the molecule is C1CNC(C2CCSC2)C1. The number of hydrogen-bond acceptors (Lipinski definition) is 2. The Morgan fingerprint density at radius 1 is 1.30 bits per heavy atom. The van der Waals surface area contributed by atoms with Crippen molar-refractivity contribution in [2.24, 2.45) is 5.92 Å². The van der Waals surface area contributed by atoms with Crippen LogP contribution in [-0.4, -0.2) is 24.1 Å². The molecule has 2 heterocycles. The summed E-state index contributed by atoms with van der Waals surface area (Å²) in [6.07, 6.45) is 4.30. The van der Waals surface area contributed by atoms with Crippen LogP contribution < -0.4 is 5.32 Å². The summed E-state index contributed by atoms with van der Waals surface area (Å²) >= 11 is 2.13. The smallest absolute Gasteiger partial charge is 0.0104 e. The number of thioether (sulfide) groups is 1. The molecule has 2 unspecified atom stereocenters. The van der Waals surface area contributed by atoms with E-state index in [9.17, 15) is 0 Å². The van der Waals surface area contributed by atoms with Crippen molar-refractivity contribution in [2.75, 3.05) is 18.1 Å².